The van der Waals surface area contributed by atoms with Crippen molar-refractivity contribution in [3.8, 4) is 0 Å². The summed E-state index contributed by atoms with van der Waals surface area (Å²) in [5.41, 5.74) is 5.57. The molecule has 0 aliphatic carbocycles. The van der Waals surface area contributed by atoms with Gasteiger partial charge in [0.2, 0.25) is 5.95 Å². The van der Waals surface area contributed by atoms with Crippen LogP contribution in [-0.4, -0.2) is 42.9 Å². The first-order valence-corrected chi connectivity index (χ1v) is 5.08. The van der Waals surface area contributed by atoms with Crippen molar-refractivity contribution >= 4 is 29.5 Å². The van der Waals surface area contributed by atoms with E-state index in [9.17, 15) is 4.79 Å². The second-order valence-electron chi connectivity index (χ2n) is 3.75. The molecule has 0 amide bonds. The van der Waals surface area contributed by atoms with Crippen LogP contribution in [-0.2, 0) is 6.54 Å². The molecule has 0 atom stereocenters. The number of anilines is 1. The molecule has 2 aromatic rings. The summed E-state index contributed by atoms with van der Waals surface area (Å²) in [6.45, 7) is 0.00306. The van der Waals surface area contributed by atoms with Gasteiger partial charge in [-0.2, -0.15) is 4.98 Å². The number of aromatic amines is 1. The molecule has 0 bridgehead atoms. The average Bonchev–Trinajstić information content (AvgIpc) is 2.69. The Morgan fingerprint density at radius 2 is 2.11 bits per heavy atom. The fraction of sp³-hybridized carbons (Fsp3) is 0.444. The van der Waals surface area contributed by atoms with Crippen molar-refractivity contribution in [2.45, 2.75) is 6.54 Å². The second kappa shape index (κ2) is 5.80. The smallest absolute Gasteiger partial charge is 0.280 e. The Labute approximate surface area is 108 Å². The number of aliphatic hydroxyl groups is 2. The third kappa shape index (κ3) is 2.61. The molecule has 0 spiro atoms. The van der Waals surface area contributed by atoms with Crippen LogP contribution in [0.3, 0.4) is 0 Å². The zero-order chi connectivity index (χ0) is 12.4. The number of nitrogen functional groups attached to an aromatic ring is 1. The summed E-state index contributed by atoms with van der Waals surface area (Å²) in [6, 6.07) is 0. The highest BCUT2D eigenvalue weighted by atomic mass is 35.5. The summed E-state index contributed by atoms with van der Waals surface area (Å²) < 4.78 is 1.58. The van der Waals surface area contributed by atoms with Crippen LogP contribution in [0.2, 0.25) is 0 Å². The Morgan fingerprint density at radius 3 is 2.72 bits per heavy atom. The number of hydrogen-bond donors (Lipinski definition) is 4. The number of imidazole rings is 1. The normalized spacial score (nSPS) is 10.8. The molecule has 0 aliphatic heterocycles. The van der Waals surface area contributed by atoms with Gasteiger partial charge < -0.3 is 20.5 Å². The molecular formula is C9H14ClN5O3. The van der Waals surface area contributed by atoms with Gasteiger partial charge in [-0.25, -0.2) is 4.98 Å². The van der Waals surface area contributed by atoms with E-state index in [4.69, 9.17) is 15.9 Å². The molecule has 0 fully saturated rings. The van der Waals surface area contributed by atoms with E-state index in [0.717, 1.165) is 0 Å². The van der Waals surface area contributed by atoms with E-state index in [-0.39, 0.29) is 43.0 Å². The SMILES string of the molecule is Cl.Nc1nc2c(ncn2CC(CO)CO)c(=O)[nH]1. The van der Waals surface area contributed by atoms with Crippen LogP contribution in [0.5, 0.6) is 0 Å². The number of halogens is 1. The van der Waals surface area contributed by atoms with Crippen LogP contribution in [0.1, 0.15) is 0 Å². The summed E-state index contributed by atoms with van der Waals surface area (Å²) in [6.07, 6.45) is 1.44. The summed E-state index contributed by atoms with van der Waals surface area (Å²) >= 11 is 0. The highest BCUT2D eigenvalue weighted by Gasteiger charge is 2.13. The molecule has 2 heterocycles. The van der Waals surface area contributed by atoms with Crippen LogP contribution < -0.4 is 11.3 Å². The Balaban J connectivity index is 0.00000162. The molecule has 0 saturated carbocycles. The quantitative estimate of drug-likeness (QED) is 0.550. The third-order valence-electron chi connectivity index (χ3n) is 2.46. The van der Waals surface area contributed by atoms with Crippen molar-refractivity contribution in [1.29, 1.82) is 0 Å². The predicted octanol–water partition coefficient (Wildman–Crippen LogP) is -1.28. The van der Waals surface area contributed by atoms with Crippen molar-refractivity contribution in [2.75, 3.05) is 18.9 Å². The Hall–Kier alpha value is -1.64. The lowest BCUT2D eigenvalue weighted by Crippen LogP contribution is -2.19. The molecule has 0 unspecified atom stereocenters. The highest BCUT2D eigenvalue weighted by molar-refractivity contribution is 5.85. The summed E-state index contributed by atoms with van der Waals surface area (Å²) in [7, 11) is 0. The van der Waals surface area contributed by atoms with Gasteiger partial charge >= 0.3 is 0 Å². The molecule has 0 aromatic carbocycles. The van der Waals surface area contributed by atoms with Gasteiger partial charge in [-0.05, 0) is 0 Å². The van der Waals surface area contributed by atoms with Gasteiger partial charge in [0, 0.05) is 25.7 Å². The minimum absolute atomic E-state index is 0. The molecular weight excluding hydrogens is 262 g/mol. The van der Waals surface area contributed by atoms with E-state index < -0.39 is 5.56 Å². The van der Waals surface area contributed by atoms with Crippen molar-refractivity contribution in [2.24, 2.45) is 5.92 Å². The minimum atomic E-state index is -0.407. The van der Waals surface area contributed by atoms with Crippen LogP contribution in [0.25, 0.3) is 11.2 Å². The maximum absolute atomic E-state index is 11.5. The molecule has 0 saturated heterocycles. The lowest BCUT2D eigenvalue weighted by molar-refractivity contribution is 0.138. The first kappa shape index (κ1) is 14.4. The molecule has 9 heteroatoms. The van der Waals surface area contributed by atoms with Crippen LogP contribution in [0.15, 0.2) is 11.1 Å². The van der Waals surface area contributed by atoms with Crippen LogP contribution >= 0.6 is 12.4 Å². The number of nitrogens with two attached hydrogens (primary N) is 1. The zero-order valence-electron chi connectivity index (χ0n) is 9.41. The Kier molecular flexibility index (Phi) is 4.65. The monoisotopic (exact) mass is 275 g/mol. The van der Waals surface area contributed by atoms with Gasteiger partial charge in [-0.1, -0.05) is 0 Å². The third-order valence-corrected chi connectivity index (χ3v) is 2.46. The number of hydrogen-bond acceptors (Lipinski definition) is 6. The fourth-order valence-corrected chi connectivity index (χ4v) is 1.56. The first-order valence-electron chi connectivity index (χ1n) is 5.08. The lowest BCUT2D eigenvalue weighted by Gasteiger charge is -2.11. The van der Waals surface area contributed by atoms with Crippen LogP contribution in [0, 0.1) is 5.92 Å². The zero-order valence-corrected chi connectivity index (χ0v) is 10.2. The van der Waals surface area contributed by atoms with Crippen molar-refractivity contribution in [3.05, 3.63) is 16.7 Å². The number of nitrogens with one attached hydrogen (secondary N) is 1. The van der Waals surface area contributed by atoms with Gasteiger partial charge in [0.1, 0.15) is 0 Å². The van der Waals surface area contributed by atoms with E-state index in [2.05, 4.69) is 15.0 Å². The largest absolute Gasteiger partial charge is 0.396 e. The number of aliphatic hydroxyl groups excluding tert-OH is 2. The van der Waals surface area contributed by atoms with Crippen molar-refractivity contribution < 1.29 is 10.2 Å². The minimum Gasteiger partial charge on any atom is -0.396 e. The number of rotatable bonds is 4. The maximum atomic E-state index is 11.5. The number of nitrogens with zero attached hydrogens (tertiary/aromatic N) is 3. The molecule has 8 nitrogen and oxygen atoms in total. The standard InChI is InChI=1S/C9H13N5O3.ClH/c10-9-12-7-6(8(17)13-9)11-4-14(7)1-5(2-15)3-16;/h4-5,15-16H,1-3H2,(H3,10,12,13,17);1H. The topological polar surface area (TPSA) is 130 Å². The molecule has 0 radical (unpaired) electrons. The van der Waals surface area contributed by atoms with E-state index >= 15 is 0 Å². The van der Waals surface area contributed by atoms with Crippen molar-refractivity contribution in [3.63, 3.8) is 0 Å². The molecule has 100 valence electrons. The van der Waals surface area contributed by atoms with Crippen LogP contribution in [0.4, 0.5) is 5.95 Å². The molecule has 5 N–H and O–H groups in total. The second-order valence-corrected chi connectivity index (χ2v) is 3.75. The van der Waals surface area contributed by atoms with Gasteiger partial charge in [-0.15, -0.1) is 12.4 Å². The van der Waals surface area contributed by atoms with E-state index in [1.54, 1.807) is 4.57 Å². The number of fused-ring (bicyclic) bond motifs is 1. The van der Waals surface area contributed by atoms with E-state index in [1.165, 1.54) is 6.33 Å². The molecule has 18 heavy (non-hydrogen) atoms. The fourth-order valence-electron chi connectivity index (χ4n) is 1.56. The van der Waals surface area contributed by atoms with Crippen molar-refractivity contribution in [1.82, 2.24) is 19.5 Å². The molecule has 0 aliphatic rings. The lowest BCUT2D eigenvalue weighted by atomic mass is 10.2. The predicted molar refractivity (Wildman–Crippen MR) is 67.5 cm³/mol. The van der Waals surface area contributed by atoms with Gasteiger partial charge in [0.05, 0.1) is 6.33 Å². The summed E-state index contributed by atoms with van der Waals surface area (Å²) in [5, 5.41) is 18.0. The van der Waals surface area contributed by atoms with Gasteiger partial charge in [0.15, 0.2) is 11.2 Å². The molecule has 2 rings (SSSR count). The van der Waals surface area contributed by atoms with E-state index in [1.807, 2.05) is 0 Å². The average molecular weight is 276 g/mol. The van der Waals surface area contributed by atoms with E-state index in [0.29, 0.717) is 12.2 Å². The molecule has 2 aromatic heterocycles. The first-order chi connectivity index (χ1) is 8.15. The van der Waals surface area contributed by atoms with Gasteiger partial charge in [-0.3, -0.25) is 9.78 Å². The Morgan fingerprint density at radius 1 is 1.44 bits per heavy atom. The number of aromatic nitrogens is 4. The summed E-state index contributed by atoms with van der Waals surface area (Å²) in [5.74, 6) is -0.316. The highest BCUT2D eigenvalue weighted by Crippen LogP contribution is 2.09. The van der Waals surface area contributed by atoms with Gasteiger partial charge in [0.25, 0.3) is 5.56 Å². The number of H-pyrrole nitrogens is 1. The Bertz CT molecular complexity index is 577. The summed E-state index contributed by atoms with van der Waals surface area (Å²) in [4.78, 5) is 21.7. The maximum Gasteiger partial charge on any atom is 0.280 e.